The normalized spacial score (nSPS) is 20.0. The molecule has 4 nitrogen and oxygen atoms in total. The lowest BCUT2D eigenvalue weighted by Crippen LogP contribution is -2.41. The first-order valence-electron chi connectivity index (χ1n) is 7.16. The zero-order valence-electron chi connectivity index (χ0n) is 13.3. The van der Waals surface area contributed by atoms with Crippen molar-refractivity contribution in [3.05, 3.63) is 39.8 Å². The van der Waals surface area contributed by atoms with Crippen molar-refractivity contribution >= 4 is 24.8 Å². The van der Waals surface area contributed by atoms with Crippen molar-refractivity contribution in [1.82, 2.24) is 0 Å². The third kappa shape index (κ3) is 3.21. The molecule has 1 saturated heterocycles. The molecule has 1 heterocycles. The van der Waals surface area contributed by atoms with Crippen molar-refractivity contribution in [2.24, 2.45) is 5.73 Å². The lowest BCUT2D eigenvalue weighted by Gasteiger charge is -2.32. The average molecular weight is 319 g/mol. The fourth-order valence-electron chi connectivity index (χ4n) is 2.14. The van der Waals surface area contributed by atoms with Gasteiger partial charge in [-0.15, -0.1) is 0 Å². The van der Waals surface area contributed by atoms with Crippen molar-refractivity contribution in [2.45, 2.75) is 38.9 Å². The van der Waals surface area contributed by atoms with E-state index in [1.54, 1.807) is 18.2 Å². The van der Waals surface area contributed by atoms with Gasteiger partial charge >= 0.3 is 7.12 Å². The zero-order chi connectivity index (χ0) is 16.5. The van der Waals surface area contributed by atoms with Crippen LogP contribution in [0.5, 0.6) is 0 Å². The summed E-state index contributed by atoms with van der Waals surface area (Å²) in [5, 5.41) is 9.56. The van der Waals surface area contributed by atoms with Gasteiger partial charge in [0, 0.05) is 11.6 Å². The Bertz CT molecular complexity index is 634. The van der Waals surface area contributed by atoms with Gasteiger partial charge in [-0.2, -0.15) is 5.26 Å². The number of hydrogen-bond acceptors (Lipinski definition) is 4. The molecule has 1 aliphatic rings. The summed E-state index contributed by atoms with van der Waals surface area (Å²) in [4.78, 5) is 0. The topological polar surface area (TPSA) is 68.3 Å². The van der Waals surface area contributed by atoms with Crippen molar-refractivity contribution in [1.29, 1.82) is 5.26 Å². The highest BCUT2D eigenvalue weighted by Crippen LogP contribution is 2.38. The number of rotatable bonds is 3. The van der Waals surface area contributed by atoms with Crippen LogP contribution in [0.3, 0.4) is 0 Å². The maximum atomic E-state index is 9.01. The lowest BCUT2D eigenvalue weighted by molar-refractivity contribution is 0.00578. The van der Waals surface area contributed by atoms with Crippen LogP contribution in [-0.2, 0) is 9.31 Å². The molecule has 22 heavy (non-hydrogen) atoms. The molecule has 0 unspecified atom stereocenters. The minimum atomic E-state index is -0.517. The van der Waals surface area contributed by atoms with Crippen LogP contribution in [0.15, 0.2) is 23.7 Å². The van der Waals surface area contributed by atoms with Gasteiger partial charge in [0.2, 0.25) is 0 Å². The Hall–Kier alpha value is -1.32. The molecule has 2 rings (SSSR count). The van der Waals surface area contributed by atoms with Gasteiger partial charge in [0.15, 0.2) is 0 Å². The van der Waals surface area contributed by atoms with E-state index in [0.717, 1.165) is 11.0 Å². The van der Waals surface area contributed by atoms with Crippen LogP contribution in [0, 0.1) is 11.3 Å². The summed E-state index contributed by atoms with van der Waals surface area (Å²) in [6, 6.07) is 7.20. The predicted molar refractivity (Wildman–Crippen MR) is 89.3 cm³/mol. The standard InChI is InChI=1S/C16H20BClN2O2/c1-15(2)16(3,4)22-17(21-15)13(10-20)8-12-7-11(9-19)5-6-14(12)18/h5-8H,10,20H2,1-4H3. The Morgan fingerprint density at radius 1 is 1.32 bits per heavy atom. The summed E-state index contributed by atoms with van der Waals surface area (Å²) >= 11 is 6.20. The second-order valence-corrected chi connectivity index (χ2v) is 6.77. The number of nitrogens with two attached hydrogens (primary N) is 1. The predicted octanol–water partition coefficient (Wildman–Crippen LogP) is 3.19. The Morgan fingerprint density at radius 2 is 1.91 bits per heavy atom. The first-order valence-corrected chi connectivity index (χ1v) is 7.54. The van der Waals surface area contributed by atoms with Crippen molar-refractivity contribution in [3.63, 3.8) is 0 Å². The molecule has 116 valence electrons. The Morgan fingerprint density at radius 3 is 2.41 bits per heavy atom. The summed E-state index contributed by atoms with van der Waals surface area (Å²) < 4.78 is 12.0. The summed E-state index contributed by atoms with van der Waals surface area (Å²) in [5.74, 6) is 0. The van der Waals surface area contributed by atoms with Gasteiger partial charge in [-0.25, -0.2) is 0 Å². The summed E-state index contributed by atoms with van der Waals surface area (Å²) in [7, 11) is -0.517. The van der Waals surface area contributed by atoms with Gasteiger partial charge in [0.05, 0.1) is 22.8 Å². The van der Waals surface area contributed by atoms with Crippen molar-refractivity contribution < 1.29 is 9.31 Å². The molecule has 0 saturated carbocycles. The van der Waals surface area contributed by atoms with E-state index in [4.69, 9.17) is 31.9 Å². The molecule has 1 aromatic rings. The summed E-state index contributed by atoms with van der Waals surface area (Å²) in [6.45, 7) is 8.24. The van der Waals surface area contributed by atoms with E-state index in [-0.39, 0.29) is 6.54 Å². The first kappa shape index (κ1) is 17.0. The monoisotopic (exact) mass is 318 g/mol. The summed E-state index contributed by atoms with van der Waals surface area (Å²) in [5.41, 5.74) is 7.07. The SMILES string of the molecule is CC1(C)OB(C(=Cc2cc(C#N)ccc2Cl)CN)OC1(C)C. The molecule has 0 aliphatic carbocycles. The molecule has 6 heteroatoms. The van der Waals surface area contributed by atoms with E-state index in [2.05, 4.69) is 6.07 Å². The van der Waals surface area contributed by atoms with Crippen LogP contribution in [0.25, 0.3) is 6.08 Å². The molecule has 0 spiro atoms. The van der Waals surface area contributed by atoms with Crippen LogP contribution >= 0.6 is 11.6 Å². The zero-order valence-corrected chi connectivity index (χ0v) is 14.1. The van der Waals surface area contributed by atoms with E-state index in [1.807, 2.05) is 33.8 Å². The van der Waals surface area contributed by atoms with Gasteiger partial charge in [0.1, 0.15) is 0 Å². The van der Waals surface area contributed by atoms with Crippen LogP contribution in [-0.4, -0.2) is 24.9 Å². The second kappa shape index (κ2) is 6.06. The quantitative estimate of drug-likeness (QED) is 0.869. The van der Waals surface area contributed by atoms with Crippen LogP contribution in [0.4, 0.5) is 0 Å². The summed E-state index contributed by atoms with van der Waals surface area (Å²) in [6.07, 6.45) is 1.84. The van der Waals surface area contributed by atoms with E-state index < -0.39 is 18.3 Å². The Kier molecular flexibility index (Phi) is 4.69. The third-order valence-electron chi connectivity index (χ3n) is 4.26. The van der Waals surface area contributed by atoms with Crippen molar-refractivity contribution in [3.8, 4) is 6.07 Å². The highest BCUT2D eigenvalue weighted by atomic mass is 35.5. The largest absolute Gasteiger partial charge is 0.491 e. The van der Waals surface area contributed by atoms with E-state index in [0.29, 0.717) is 10.6 Å². The first-order chi connectivity index (χ1) is 10.2. The van der Waals surface area contributed by atoms with E-state index >= 15 is 0 Å². The molecular formula is C16H20BClN2O2. The number of hydrogen-bond donors (Lipinski definition) is 1. The molecule has 2 N–H and O–H groups in total. The van der Waals surface area contributed by atoms with Gasteiger partial charge in [-0.3, -0.25) is 0 Å². The second-order valence-electron chi connectivity index (χ2n) is 6.36. The average Bonchev–Trinajstić information content (AvgIpc) is 2.66. The molecule has 1 aromatic carbocycles. The maximum Gasteiger partial charge on any atom is 0.491 e. The number of halogens is 1. The van der Waals surface area contributed by atoms with Crippen molar-refractivity contribution in [2.75, 3.05) is 6.54 Å². The van der Waals surface area contributed by atoms with Gasteiger partial charge in [-0.1, -0.05) is 17.7 Å². The number of nitrogens with zero attached hydrogens (tertiary/aromatic N) is 1. The Labute approximate surface area is 137 Å². The molecule has 0 aromatic heterocycles. The Balaban J connectivity index is 2.36. The van der Waals surface area contributed by atoms with E-state index in [1.165, 1.54) is 0 Å². The molecule has 0 radical (unpaired) electrons. The minimum absolute atomic E-state index is 0.282. The smallest absolute Gasteiger partial charge is 0.400 e. The highest BCUT2D eigenvalue weighted by molar-refractivity contribution is 6.56. The highest BCUT2D eigenvalue weighted by Gasteiger charge is 2.52. The molecule has 0 atom stereocenters. The fraction of sp³-hybridized carbons (Fsp3) is 0.438. The maximum absolute atomic E-state index is 9.01. The number of benzene rings is 1. The molecule has 1 fully saturated rings. The molecule has 0 bridgehead atoms. The van der Waals surface area contributed by atoms with Crippen LogP contribution in [0.1, 0.15) is 38.8 Å². The molecular weight excluding hydrogens is 298 g/mol. The molecule has 1 aliphatic heterocycles. The van der Waals surface area contributed by atoms with Gasteiger partial charge < -0.3 is 15.0 Å². The lowest BCUT2D eigenvalue weighted by atomic mass is 9.77. The van der Waals surface area contributed by atoms with Crippen LogP contribution < -0.4 is 5.73 Å². The van der Waals surface area contributed by atoms with Gasteiger partial charge in [-0.05, 0) is 56.9 Å². The third-order valence-corrected chi connectivity index (χ3v) is 4.60. The van der Waals surface area contributed by atoms with Gasteiger partial charge in [0.25, 0.3) is 0 Å². The van der Waals surface area contributed by atoms with Crippen LogP contribution in [0.2, 0.25) is 5.02 Å². The fourth-order valence-corrected chi connectivity index (χ4v) is 2.31. The molecule has 0 amide bonds. The number of nitriles is 1. The van der Waals surface area contributed by atoms with E-state index in [9.17, 15) is 0 Å². The minimum Gasteiger partial charge on any atom is -0.400 e.